The van der Waals surface area contributed by atoms with Gasteiger partial charge in [0.05, 0.1) is 30.2 Å². The van der Waals surface area contributed by atoms with Crippen LogP contribution in [0.5, 0.6) is 0 Å². The van der Waals surface area contributed by atoms with Crippen LogP contribution < -0.4 is 0 Å². The second-order valence-electron chi connectivity index (χ2n) is 7.56. The first-order valence-corrected chi connectivity index (χ1v) is 9.96. The Hall–Kier alpha value is -2.15. The summed E-state index contributed by atoms with van der Waals surface area (Å²) in [5.41, 5.74) is 0.816. The lowest BCUT2D eigenvalue weighted by Crippen LogP contribution is -2.32. The summed E-state index contributed by atoms with van der Waals surface area (Å²) in [4.78, 5) is 16.5. The molecule has 1 heterocycles. The van der Waals surface area contributed by atoms with Gasteiger partial charge in [-0.15, -0.1) is 0 Å². The van der Waals surface area contributed by atoms with Crippen LogP contribution in [0.25, 0.3) is 10.9 Å². The average molecular weight is 409 g/mol. The number of hydrogen-bond acceptors (Lipinski definition) is 4. The summed E-state index contributed by atoms with van der Waals surface area (Å²) in [7, 11) is 1.57. The molecule has 1 aromatic carbocycles. The highest BCUT2D eigenvalue weighted by atomic mass is 19.4. The number of aromatic nitrogens is 1. The molecule has 1 aliphatic carbocycles. The summed E-state index contributed by atoms with van der Waals surface area (Å²) >= 11 is 0. The van der Waals surface area contributed by atoms with Gasteiger partial charge < -0.3 is 9.47 Å². The van der Waals surface area contributed by atoms with Crippen LogP contribution in [0.15, 0.2) is 30.5 Å². The normalized spacial score (nSPS) is 21.1. The van der Waals surface area contributed by atoms with E-state index in [0.29, 0.717) is 24.1 Å². The molecule has 4 nitrogen and oxygen atoms in total. The first kappa shape index (κ1) is 21.6. The summed E-state index contributed by atoms with van der Waals surface area (Å²) in [6.07, 6.45) is 0.495. The van der Waals surface area contributed by atoms with Crippen molar-refractivity contribution in [3.8, 4) is 0 Å². The summed E-state index contributed by atoms with van der Waals surface area (Å²) < 4.78 is 49.9. The number of ether oxygens (including phenoxy) is 2. The predicted molar refractivity (Wildman–Crippen MR) is 103 cm³/mol. The van der Waals surface area contributed by atoms with Gasteiger partial charge in [-0.1, -0.05) is 0 Å². The number of methoxy groups -OCH3 is 1. The molecule has 1 aromatic heterocycles. The van der Waals surface area contributed by atoms with Crippen molar-refractivity contribution < 1.29 is 27.4 Å². The number of rotatable bonds is 6. The van der Waals surface area contributed by atoms with Crippen molar-refractivity contribution in [2.45, 2.75) is 44.7 Å². The SMILES string of the molecule is CCOC(=O)C(COC)[C@H]1CC[C@@H](c2ccnc3ccc(C(F)(F)F)cc32)CC1. The maximum absolute atomic E-state index is 13.2. The van der Waals surface area contributed by atoms with Gasteiger partial charge in [0.25, 0.3) is 0 Å². The molecule has 1 aliphatic rings. The van der Waals surface area contributed by atoms with Gasteiger partial charge in [-0.25, -0.2) is 0 Å². The van der Waals surface area contributed by atoms with Gasteiger partial charge in [-0.05, 0) is 74.3 Å². The maximum Gasteiger partial charge on any atom is 0.416 e. The number of pyridine rings is 1. The number of fused-ring (bicyclic) bond motifs is 1. The van der Waals surface area contributed by atoms with E-state index in [9.17, 15) is 18.0 Å². The molecule has 29 heavy (non-hydrogen) atoms. The molecule has 7 heteroatoms. The molecule has 0 spiro atoms. The van der Waals surface area contributed by atoms with Crippen molar-refractivity contribution in [1.82, 2.24) is 4.98 Å². The van der Waals surface area contributed by atoms with E-state index in [-0.39, 0.29) is 23.7 Å². The third-order valence-corrected chi connectivity index (χ3v) is 5.82. The minimum Gasteiger partial charge on any atom is -0.466 e. The molecule has 1 fully saturated rings. The molecular formula is C22H26F3NO3. The molecule has 0 radical (unpaired) electrons. The van der Waals surface area contributed by atoms with Gasteiger partial charge in [0.1, 0.15) is 0 Å². The summed E-state index contributed by atoms with van der Waals surface area (Å²) in [5, 5.41) is 0.560. The lowest BCUT2D eigenvalue weighted by molar-refractivity contribution is -0.152. The van der Waals surface area contributed by atoms with Crippen molar-refractivity contribution in [3.63, 3.8) is 0 Å². The van der Waals surface area contributed by atoms with E-state index in [4.69, 9.17) is 9.47 Å². The van der Waals surface area contributed by atoms with Crippen LogP contribution in [0.1, 0.15) is 49.7 Å². The molecule has 2 aromatic rings. The van der Waals surface area contributed by atoms with E-state index >= 15 is 0 Å². The number of esters is 1. The van der Waals surface area contributed by atoms with Crippen molar-refractivity contribution >= 4 is 16.9 Å². The van der Waals surface area contributed by atoms with Crippen LogP contribution >= 0.6 is 0 Å². The lowest BCUT2D eigenvalue weighted by atomic mass is 9.73. The van der Waals surface area contributed by atoms with Crippen molar-refractivity contribution in [2.75, 3.05) is 20.3 Å². The first-order valence-electron chi connectivity index (χ1n) is 9.96. The largest absolute Gasteiger partial charge is 0.466 e. The van der Waals surface area contributed by atoms with Crippen LogP contribution in [0.2, 0.25) is 0 Å². The van der Waals surface area contributed by atoms with E-state index in [1.54, 1.807) is 20.2 Å². The molecular weight excluding hydrogens is 383 g/mol. The second-order valence-corrected chi connectivity index (χ2v) is 7.56. The fraction of sp³-hybridized carbons (Fsp3) is 0.545. The van der Waals surface area contributed by atoms with Gasteiger partial charge >= 0.3 is 12.1 Å². The fourth-order valence-electron chi connectivity index (χ4n) is 4.36. The Morgan fingerprint density at radius 3 is 2.55 bits per heavy atom. The average Bonchev–Trinajstić information content (AvgIpc) is 2.71. The number of hydrogen-bond donors (Lipinski definition) is 0. The third kappa shape index (κ3) is 4.89. The number of alkyl halides is 3. The lowest BCUT2D eigenvalue weighted by Gasteiger charge is -2.33. The molecule has 0 N–H and O–H groups in total. The summed E-state index contributed by atoms with van der Waals surface area (Å²) in [6, 6.07) is 5.54. The van der Waals surface area contributed by atoms with E-state index < -0.39 is 11.7 Å². The van der Waals surface area contributed by atoms with Gasteiger partial charge in [-0.2, -0.15) is 13.2 Å². The molecule has 0 bridgehead atoms. The number of nitrogens with zero attached hydrogens (tertiary/aromatic N) is 1. The Balaban J connectivity index is 1.80. The summed E-state index contributed by atoms with van der Waals surface area (Å²) in [6.45, 7) is 2.43. The Kier molecular flexibility index (Phi) is 6.77. The zero-order valence-electron chi connectivity index (χ0n) is 16.7. The minimum absolute atomic E-state index is 0.144. The standard InChI is InChI=1S/C22H26F3NO3/c1-3-29-21(27)19(13-28-2)15-6-4-14(5-7-15)17-10-11-26-20-9-8-16(12-18(17)20)22(23,24)25/h8-12,14-15,19H,3-7,13H2,1-2H3/t14-,15+,19?. The van der Waals surface area contributed by atoms with Gasteiger partial charge in [0.15, 0.2) is 0 Å². The highest BCUT2D eigenvalue weighted by Gasteiger charge is 2.34. The molecule has 158 valence electrons. The van der Waals surface area contributed by atoms with E-state index in [1.807, 2.05) is 6.07 Å². The van der Waals surface area contributed by atoms with Crippen LogP contribution in [0.4, 0.5) is 13.2 Å². The van der Waals surface area contributed by atoms with Crippen LogP contribution in [-0.2, 0) is 20.4 Å². The second kappa shape index (κ2) is 9.11. The molecule has 1 saturated carbocycles. The highest BCUT2D eigenvalue weighted by Crippen LogP contribution is 2.42. The zero-order chi connectivity index (χ0) is 21.0. The molecule has 0 aliphatic heterocycles. The Morgan fingerprint density at radius 1 is 1.21 bits per heavy atom. The van der Waals surface area contributed by atoms with Crippen molar-refractivity contribution in [3.05, 3.63) is 41.6 Å². The molecule has 1 unspecified atom stereocenters. The predicted octanol–water partition coefficient (Wildman–Crippen LogP) is 5.35. The van der Waals surface area contributed by atoms with Crippen LogP contribution in [-0.4, -0.2) is 31.3 Å². The minimum atomic E-state index is -4.38. The molecule has 0 amide bonds. The molecule has 3 rings (SSSR count). The van der Waals surface area contributed by atoms with E-state index in [2.05, 4.69) is 4.98 Å². The van der Waals surface area contributed by atoms with Crippen molar-refractivity contribution in [2.24, 2.45) is 11.8 Å². The molecule has 0 saturated heterocycles. The first-order chi connectivity index (χ1) is 13.8. The Bertz CT molecular complexity index is 845. The van der Waals surface area contributed by atoms with Gasteiger partial charge in [-0.3, -0.25) is 9.78 Å². The zero-order valence-corrected chi connectivity index (χ0v) is 16.7. The number of carbonyl (C=O) groups excluding carboxylic acids is 1. The van der Waals surface area contributed by atoms with E-state index in [1.165, 1.54) is 12.1 Å². The number of halogens is 3. The highest BCUT2D eigenvalue weighted by molar-refractivity contribution is 5.83. The van der Waals surface area contributed by atoms with Crippen LogP contribution in [0, 0.1) is 11.8 Å². The monoisotopic (exact) mass is 409 g/mol. The van der Waals surface area contributed by atoms with Gasteiger partial charge in [0.2, 0.25) is 0 Å². The van der Waals surface area contributed by atoms with Crippen LogP contribution in [0.3, 0.4) is 0 Å². The van der Waals surface area contributed by atoms with Crippen molar-refractivity contribution in [1.29, 1.82) is 0 Å². The number of carbonyl (C=O) groups is 1. The topological polar surface area (TPSA) is 48.4 Å². The van der Waals surface area contributed by atoms with E-state index in [0.717, 1.165) is 37.3 Å². The number of benzene rings is 1. The summed E-state index contributed by atoms with van der Waals surface area (Å²) in [5.74, 6) is -0.233. The fourth-order valence-corrected chi connectivity index (χ4v) is 4.36. The Labute approximate surface area is 168 Å². The third-order valence-electron chi connectivity index (χ3n) is 5.82. The Morgan fingerprint density at radius 2 is 1.93 bits per heavy atom. The smallest absolute Gasteiger partial charge is 0.416 e. The molecule has 1 atom stereocenters. The van der Waals surface area contributed by atoms with Gasteiger partial charge in [0, 0.05) is 18.7 Å². The quantitative estimate of drug-likeness (QED) is 0.603. The maximum atomic E-state index is 13.2.